The van der Waals surface area contributed by atoms with Crippen molar-refractivity contribution in [2.75, 3.05) is 7.05 Å². The van der Waals surface area contributed by atoms with Gasteiger partial charge in [0.05, 0.1) is 18.2 Å². The van der Waals surface area contributed by atoms with Gasteiger partial charge in [-0.2, -0.15) is 5.10 Å². The van der Waals surface area contributed by atoms with E-state index in [1.165, 1.54) is 0 Å². The molecule has 7 nitrogen and oxygen atoms in total. The Balaban J connectivity index is 1.81. The maximum absolute atomic E-state index is 12.5. The summed E-state index contributed by atoms with van der Waals surface area (Å²) < 4.78 is 33.4. The van der Waals surface area contributed by atoms with Gasteiger partial charge in [0.1, 0.15) is 0 Å². The predicted octanol–water partition coefficient (Wildman–Crippen LogP) is 0.0357. The van der Waals surface area contributed by atoms with Crippen LogP contribution in [0.4, 0.5) is 0 Å². The summed E-state index contributed by atoms with van der Waals surface area (Å²) >= 11 is 0. The van der Waals surface area contributed by atoms with Gasteiger partial charge in [0.25, 0.3) is 10.0 Å². The standard InChI is InChI=1S/C12H20N4O3S/c1-7-9(6-13-2)12(15-14-7)20(17,18)16-10-5-8-3-4-11(10)19-8/h8,10-11,13,16H,3-6H2,1-2H3,(H,14,15). The third kappa shape index (κ3) is 2.37. The molecule has 3 heterocycles. The summed E-state index contributed by atoms with van der Waals surface area (Å²) in [4.78, 5) is 0. The molecule has 3 N–H and O–H groups in total. The quantitative estimate of drug-likeness (QED) is 0.713. The van der Waals surface area contributed by atoms with Crippen molar-refractivity contribution in [3.8, 4) is 0 Å². The van der Waals surface area contributed by atoms with Crippen molar-refractivity contribution in [1.82, 2.24) is 20.2 Å². The fourth-order valence-corrected chi connectivity index (χ4v) is 4.53. The minimum Gasteiger partial charge on any atom is -0.373 e. The summed E-state index contributed by atoms with van der Waals surface area (Å²) in [6.07, 6.45) is 2.96. The van der Waals surface area contributed by atoms with Gasteiger partial charge in [-0.05, 0) is 33.2 Å². The summed E-state index contributed by atoms with van der Waals surface area (Å²) in [7, 11) is -1.83. The van der Waals surface area contributed by atoms with E-state index in [0.29, 0.717) is 12.1 Å². The molecular formula is C12H20N4O3S. The average Bonchev–Trinajstić information content (AvgIpc) is 3.06. The van der Waals surface area contributed by atoms with E-state index in [4.69, 9.17) is 4.74 Å². The van der Waals surface area contributed by atoms with Crippen LogP contribution in [-0.2, 0) is 21.3 Å². The molecule has 1 aromatic rings. The van der Waals surface area contributed by atoms with Gasteiger partial charge in [-0.25, -0.2) is 13.1 Å². The fraction of sp³-hybridized carbons (Fsp3) is 0.750. The van der Waals surface area contributed by atoms with Gasteiger partial charge in [-0.1, -0.05) is 0 Å². The number of hydrogen-bond acceptors (Lipinski definition) is 5. The number of nitrogens with one attached hydrogen (secondary N) is 3. The van der Waals surface area contributed by atoms with E-state index in [1.807, 2.05) is 6.92 Å². The lowest BCUT2D eigenvalue weighted by Gasteiger charge is -2.19. The zero-order valence-electron chi connectivity index (χ0n) is 11.6. The number of fused-ring (bicyclic) bond motifs is 2. The van der Waals surface area contributed by atoms with E-state index in [-0.39, 0.29) is 23.3 Å². The van der Waals surface area contributed by atoms with Crippen LogP contribution >= 0.6 is 0 Å². The maximum atomic E-state index is 12.5. The van der Waals surface area contributed by atoms with Crippen LogP contribution in [0.25, 0.3) is 0 Å². The second kappa shape index (κ2) is 5.10. The second-order valence-corrected chi connectivity index (χ2v) is 7.13. The summed E-state index contributed by atoms with van der Waals surface area (Å²) in [6.45, 7) is 2.28. The molecule has 2 aliphatic rings. The SMILES string of the molecule is CNCc1c(S(=O)(=O)NC2CC3CCC2O3)n[nH]c1C. The minimum absolute atomic E-state index is 0.0163. The molecule has 0 aromatic carbocycles. The molecule has 0 aliphatic carbocycles. The smallest absolute Gasteiger partial charge is 0.260 e. The number of nitrogens with zero attached hydrogens (tertiary/aromatic N) is 1. The zero-order chi connectivity index (χ0) is 14.3. The van der Waals surface area contributed by atoms with Gasteiger partial charge in [0, 0.05) is 17.8 Å². The highest BCUT2D eigenvalue weighted by atomic mass is 32.2. The van der Waals surface area contributed by atoms with Gasteiger partial charge >= 0.3 is 0 Å². The maximum Gasteiger partial charge on any atom is 0.260 e. The summed E-state index contributed by atoms with van der Waals surface area (Å²) in [6, 6.07) is -0.127. The number of aromatic amines is 1. The Labute approximate surface area is 118 Å². The van der Waals surface area contributed by atoms with E-state index < -0.39 is 10.0 Å². The molecule has 3 unspecified atom stereocenters. The summed E-state index contributed by atoms with van der Waals surface area (Å²) in [5, 5.41) is 9.76. The average molecular weight is 300 g/mol. The van der Waals surface area contributed by atoms with Gasteiger partial charge in [-0.3, -0.25) is 5.10 Å². The molecule has 3 rings (SSSR count). The van der Waals surface area contributed by atoms with E-state index >= 15 is 0 Å². The van der Waals surface area contributed by atoms with Crippen LogP contribution in [0.3, 0.4) is 0 Å². The lowest BCUT2D eigenvalue weighted by atomic mass is 9.96. The van der Waals surface area contributed by atoms with Crippen molar-refractivity contribution in [2.45, 2.75) is 56.0 Å². The third-order valence-corrected chi connectivity index (χ3v) is 5.52. The molecule has 3 atom stereocenters. The Hall–Kier alpha value is -0.960. The van der Waals surface area contributed by atoms with Crippen molar-refractivity contribution in [3.63, 3.8) is 0 Å². The van der Waals surface area contributed by atoms with Crippen LogP contribution in [0, 0.1) is 6.92 Å². The van der Waals surface area contributed by atoms with Crippen LogP contribution in [0.2, 0.25) is 0 Å². The van der Waals surface area contributed by atoms with Crippen molar-refractivity contribution in [1.29, 1.82) is 0 Å². The Morgan fingerprint density at radius 1 is 1.45 bits per heavy atom. The predicted molar refractivity (Wildman–Crippen MR) is 72.7 cm³/mol. The van der Waals surface area contributed by atoms with Gasteiger partial charge in [-0.15, -0.1) is 0 Å². The molecule has 0 saturated carbocycles. The first-order valence-electron chi connectivity index (χ1n) is 6.87. The molecular weight excluding hydrogens is 280 g/mol. The number of ether oxygens (including phenoxy) is 1. The molecule has 1 aromatic heterocycles. The lowest BCUT2D eigenvalue weighted by molar-refractivity contribution is 0.0996. The van der Waals surface area contributed by atoms with Crippen LogP contribution in [0.5, 0.6) is 0 Å². The number of hydrogen-bond donors (Lipinski definition) is 3. The van der Waals surface area contributed by atoms with E-state index in [9.17, 15) is 8.42 Å². The molecule has 2 fully saturated rings. The molecule has 0 amide bonds. The van der Waals surface area contributed by atoms with Crippen molar-refractivity contribution in [3.05, 3.63) is 11.3 Å². The Morgan fingerprint density at radius 3 is 2.85 bits per heavy atom. The molecule has 2 aliphatic heterocycles. The van der Waals surface area contributed by atoms with Crippen LogP contribution < -0.4 is 10.0 Å². The second-order valence-electron chi connectivity index (χ2n) is 5.50. The number of aryl methyl sites for hydroxylation is 1. The highest BCUT2D eigenvalue weighted by Crippen LogP contribution is 2.35. The number of aromatic nitrogens is 2. The largest absolute Gasteiger partial charge is 0.373 e. The molecule has 0 radical (unpaired) electrons. The molecule has 8 heteroatoms. The minimum atomic E-state index is -3.61. The number of H-pyrrole nitrogens is 1. The van der Waals surface area contributed by atoms with Crippen molar-refractivity contribution in [2.24, 2.45) is 0 Å². The monoisotopic (exact) mass is 300 g/mol. The molecule has 112 valence electrons. The normalized spacial score (nSPS) is 29.2. The summed E-state index contributed by atoms with van der Waals surface area (Å²) in [5.74, 6) is 0. The first kappa shape index (κ1) is 14.0. The molecule has 0 spiro atoms. The Morgan fingerprint density at radius 2 is 2.25 bits per heavy atom. The number of rotatable bonds is 5. The third-order valence-electron chi connectivity index (χ3n) is 4.06. The topological polar surface area (TPSA) is 96.1 Å². The van der Waals surface area contributed by atoms with E-state index in [1.54, 1.807) is 7.05 Å². The van der Waals surface area contributed by atoms with E-state index in [2.05, 4.69) is 20.2 Å². The lowest BCUT2D eigenvalue weighted by Crippen LogP contribution is -2.41. The number of sulfonamides is 1. The molecule has 2 saturated heterocycles. The highest BCUT2D eigenvalue weighted by molar-refractivity contribution is 7.89. The highest BCUT2D eigenvalue weighted by Gasteiger charge is 2.43. The summed E-state index contributed by atoms with van der Waals surface area (Å²) in [5.41, 5.74) is 1.45. The van der Waals surface area contributed by atoms with Crippen molar-refractivity contribution < 1.29 is 13.2 Å². The van der Waals surface area contributed by atoms with Crippen LogP contribution in [0.15, 0.2) is 5.03 Å². The van der Waals surface area contributed by atoms with Gasteiger partial charge < -0.3 is 10.1 Å². The molecule has 2 bridgehead atoms. The Kier molecular flexibility index (Phi) is 3.57. The van der Waals surface area contributed by atoms with E-state index in [0.717, 1.165) is 25.0 Å². The van der Waals surface area contributed by atoms with Gasteiger partial charge in [0.2, 0.25) is 0 Å². The van der Waals surface area contributed by atoms with Crippen molar-refractivity contribution >= 4 is 10.0 Å². The zero-order valence-corrected chi connectivity index (χ0v) is 12.5. The first-order chi connectivity index (χ1) is 9.51. The van der Waals surface area contributed by atoms with Crippen LogP contribution in [-0.4, -0.2) is 43.9 Å². The Bertz CT molecular complexity index is 598. The van der Waals surface area contributed by atoms with Gasteiger partial charge in [0.15, 0.2) is 5.03 Å². The van der Waals surface area contributed by atoms with Crippen LogP contribution in [0.1, 0.15) is 30.5 Å². The fourth-order valence-electron chi connectivity index (χ4n) is 3.05. The molecule has 20 heavy (non-hydrogen) atoms. The first-order valence-corrected chi connectivity index (χ1v) is 8.36.